The van der Waals surface area contributed by atoms with Gasteiger partial charge in [-0.2, -0.15) is 5.10 Å². The summed E-state index contributed by atoms with van der Waals surface area (Å²) in [6.07, 6.45) is 0. The van der Waals surface area contributed by atoms with Crippen LogP contribution in [0.2, 0.25) is 0 Å². The summed E-state index contributed by atoms with van der Waals surface area (Å²) in [6, 6.07) is 15.4. The lowest BCUT2D eigenvalue weighted by Gasteiger charge is -2.16. The van der Waals surface area contributed by atoms with Gasteiger partial charge in [0.15, 0.2) is 12.4 Å². The molecule has 0 spiro atoms. The number of methoxy groups -OCH3 is 1. The molecule has 0 bridgehead atoms. The Morgan fingerprint density at radius 3 is 2.66 bits per heavy atom. The van der Waals surface area contributed by atoms with Gasteiger partial charge in [-0.05, 0) is 60.2 Å². The molecule has 0 aliphatic carbocycles. The number of esters is 1. The van der Waals surface area contributed by atoms with Crippen molar-refractivity contribution in [2.45, 2.75) is 38.1 Å². The van der Waals surface area contributed by atoms with Crippen molar-refractivity contribution in [1.82, 2.24) is 14.1 Å². The third-order valence-electron chi connectivity index (χ3n) is 5.16. The summed E-state index contributed by atoms with van der Waals surface area (Å²) in [4.78, 5) is 13.4. The molecular weight excluding hydrogens is 426 g/mol. The summed E-state index contributed by atoms with van der Waals surface area (Å²) in [7, 11) is 1.69. The second kappa shape index (κ2) is 9.67. The molecule has 1 aliphatic rings. The molecular formula is C24H27N3O4S. The van der Waals surface area contributed by atoms with Gasteiger partial charge in [0.2, 0.25) is 5.88 Å². The number of carbonyl (C=O) groups excluding carboxylic acids is 1. The third-order valence-corrected chi connectivity index (χ3v) is 6.21. The molecule has 0 atom stereocenters. The Morgan fingerprint density at radius 1 is 1.19 bits per heavy atom. The fourth-order valence-corrected chi connectivity index (χ4v) is 4.65. The zero-order valence-electron chi connectivity index (χ0n) is 18.7. The van der Waals surface area contributed by atoms with E-state index in [9.17, 15) is 4.79 Å². The number of ether oxygens (including phenoxy) is 3. The number of aromatic nitrogens is 2. The largest absolute Gasteiger partial charge is 0.497 e. The topological polar surface area (TPSA) is 65.8 Å². The average Bonchev–Trinajstić information content (AvgIpc) is 3.41. The highest BCUT2D eigenvalue weighted by molar-refractivity contribution is 7.97. The van der Waals surface area contributed by atoms with E-state index in [0.717, 1.165) is 18.0 Å². The Labute approximate surface area is 192 Å². The van der Waals surface area contributed by atoms with Gasteiger partial charge in [0.25, 0.3) is 0 Å². The summed E-state index contributed by atoms with van der Waals surface area (Å²) >= 11 is 1.65. The van der Waals surface area contributed by atoms with Crippen LogP contribution in [-0.2, 0) is 11.3 Å². The number of fused-ring (bicyclic) bond motifs is 1. The highest BCUT2D eigenvalue weighted by Crippen LogP contribution is 2.42. The number of carbonyl (C=O) groups is 1. The minimum Gasteiger partial charge on any atom is -0.497 e. The fraction of sp³-hybridized carbons (Fsp3) is 0.333. The van der Waals surface area contributed by atoms with Crippen LogP contribution in [0.4, 0.5) is 0 Å². The Kier molecular flexibility index (Phi) is 6.72. The van der Waals surface area contributed by atoms with Crippen molar-refractivity contribution < 1.29 is 19.0 Å². The Bertz CT molecular complexity index is 1100. The van der Waals surface area contributed by atoms with Crippen LogP contribution in [0, 0.1) is 0 Å². The lowest BCUT2D eigenvalue weighted by Crippen LogP contribution is -2.18. The fourth-order valence-electron chi connectivity index (χ4n) is 3.61. The molecule has 32 heavy (non-hydrogen) atoms. The SMILES string of the molecule is CCOC(=O)c1cc(OCN2Cc3c(cc(OC)cc3C(C)C)S2)n(-c2ccccc2)n1. The molecule has 0 amide bonds. The number of para-hydroxylation sites is 1. The molecule has 0 N–H and O–H groups in total. The molecule has 0 saturated carbocycles. The van der Waals surface area contributed by atoms with Crippen molar-refractivity contribution in [3.8, 4) is 17.3 Å². The first-order valence-electron chi connectivity index (χ1n) is 10.6. The molecule has 1 aromatic heterocycles. The summed E-state index contributed by atoms with van der Waals surface area (Å²) in [5.41, 5.74) is 3.61. The van der Waals surface area contributed by atoms with Gasteiger partial charge in [-0.1, -0.05) is 32.0 Å². The maximum Gasteiger partial charge on any atom is 0.358 e. The smallest absolute Gasteiger partial charge is 0.358 e. The predicted molar refractivity (Wildman–Crippen MR) is 123 cm³/mol. The normalized spacial score (nSPS) is 13.3. The van der Waals surface area contributed by atoms with Crippen LogP contribution in [0.5, 0.6) is 11.6 Å². The van der Waals surface area contributed by atoms with Crippen LogP contribution in [-0.4, -0.2) is 40.5 Å². The lowest BCUT2D eigenvalue weighted by atomic mass is 9.97. The van der Waals surface area contributed by atoms with Gasteiger partial charge >= 0.3 is 5.97 Å². The molecule has 0 fully saturated rings. The predicted octanol–water partition coefficient (Wildman–Crippen LogP) is 5.04. The van der Waals surface area contributed by atoms with Crippen LogP contribution in [0.15, 0.2) is 53.4 Å². The average molecular weight is 454 g/mol. The van der Waals surface area contributed by atoms with Crippen LogP contribution >= 0.6 is 11.9 Å². The molecule has 0 unspecified atom stereocenters. The van der Waals surface area contributed by atoms with Gasteiger partial charge in [-0.3, -0.25) is 0 Å². The maximum absolute atomic E-state index is 12.2. The van der Waals surface area contributed by atoms with E-state index in [1.165, 1.54) is 16.0 Å². The Balaban J connectivity index is 1.55. The lowest BCUT2D eigenvalue weighted by molar-refractivity contribution is 0.0519. The Morgan fingerprint density at radius 2 is 1.97 bits per heavy atom. The number of hydrogen-bond donors (Lipinski definition) is 0. The first-order chi connectivity index (χ1) is 15.5. The molecule has 7 nitrogen and oxygen atoms in total. The van der Waals surface area contributed by atoms with Crippen molar-refractivity contribution >= 4 is 17.9 Å². The number of rotatable bonds is 8. The minimum absolute atomic E-state index is 0.217. The van der Waals surface area contributed by atoms with E-state index in [4.69, 9.17) is 14.2 Å². The maximum atomic E-state index is 12.2. The van der Waals surface area contributed by atoms with Crippen molar-refractivity contribution in [2.75, 3.05) is 20.4 Å². The van der Waals surface area contributed by atoms with Gasteiger partial charge in [0.1, 0.15) is 5.75 Å². The Hall–Kier alpha value is -2.97. The standard InChI is InChI=1S/C24H27N3O4S/c1-5-30-24(28)21-13-23(27(25-21)17-9-7-6-8-10-17)31-15-26-14-20-19(16(2)3)11-18(29-4)12-22(20)32-26/h6-13,16H,5,14-15H2,1-4H3. The molecule has 4 rings (SSSR count). The zero-order valence-corrected chi connectivity index (χ0v) is 19.5. The molecule has 0 radical (unpaired) electrons. The van der Waals surface area contributed by atoms with Gasteiger partial charge in [0, 0.05) is 17.5 Å². The number of nitrogens with zero attached hydrogens (tertiary/aromatic N) is 3. The first kappa shape index (κ1) is 22.2. The highest BCUT2D eigenvalue weighted by atomic mass is 32.2. The number of benzene rings is 2. The molecule has 1 aliphatic heterocycles. The van der Waals surface area contributed by atoms with Crippen molar-refractivity contribution in [3.05, 3.63) is 65.4 Å². The van der Waals surface area contributed by atoms with E-state index in [-0.39, 0.29) is 12.3 Å². The van der Waals surface area contributed by atoms with Gasteiger partial charge in [-0.15, -0.1) is 0 Å². The summed E-state index contributed by atoms with van der Waals surface area (Å²) in [6.45, 7) is 7.54. The van der Waals surface area contributed by atoms with Crippen molar-refractivity contribution in [1.29, 1.82) is 0 Å². The molecule has 0 saturated heterocycles. The molecule has 2 heterocycles. The zero-order chi connectivity index (χ0) is 22.7. The number of hydrogen-bond acceptors (Lipinski definition) is 7. The van der Waals surface area contributed by atoms with Crippen LogP contribution in [0.3, 0.4) is 0 Å². The van der Waals surface area contributed by atoms with Crippen molar-refractivity contribution in [2.24, 2.45) is 0 Å². The third kappa shape index (κ3) is 4.61. The first-order valence-corrected chi connectivity index (χ1v) is 11.4. The monoisotopic (exact) mass is 453 g/mol. The second-order valence-electron chi connectivity index (χ2n) is 7.69. The summed E-state index contributed by atoms with van der Waals surface area (Å²) < 4.78 is 20.5. The highest BCUT2D eigenvalue weighted by Gasteiger charge is 2.26. The van der Waals surface area contributed by atoms with Crippen molar-refractivity contribution in [3.63, 3.8) is 0 Å². The van der Waals surface area contributed by atoms with E-state index in [2.05, 4.69) is 35.4 Å². The summed E-state index contributed by atoms with van der Waals surface area (Å²) in [5.74, 6) is 1.28. The minimum atomic E-state index is -0.469. The van der Waals surface area contributed by atoms with E-state index in [1.54, 1.807) is 36.7 Å². The van der Waals surface area contributed by atoms with Gasteiger partial charge < -0.3 is 14.2 Å². The molecule has 8 heteroatoms. The van der Waals surface area contributed by atoms with Crippen LogP contribution in [0.25, 0.3) is 5.69 Å². The van der Waals surface area contributed by atoms with Gasteiger partial charge in [-0.25, -0.2) is 13.8 Å². The summed E-state index contributed by atoms with van der Waals surface area (Å²) in [5, 5.41) is 4.42. The van der Waals surface area contributed by atoms with Crippen LogP contribution in [0.1, 0.15) is 48.3 Å². The van der Waals surface area contributed by atoms with E-state index in [0.29, 0.717) is 18.5 Å². The second-order valence-corrected chi connectivity index (χ2v) is 8.83. The molecule has 2 aromatic carbocycles. The van der Waals surface area contributed by atoms with Crippen LogP contribution < -0.4 is 9.47 Å². The molecule has 3 aromatic rings. The van der Waals surface area contributed by atoms with E-state index >= 15 is 0 Å². The quantitative estimate of drug-likeness (QED) is 0.350. The van der Waals surface area contributed by atoms with E-state index in [1.807, 2.05) is 30.3 Å². The molecule has 168 valence electrons. The van der Waals surface area contributed by atoms with E-state index < -0.39 is 5.97 Å². The van der Waals surface area contributed by atoms with Gasteiger partial charge in [0.05, 0.1) is 19.4 Å².